The fourth-order valence-corrected chi connectivity index (χ4v) is 4.54. The van der Waals surface area contributed by atoms with Crippen molar-refractivity contribution in [2.24, 2.45) is 5.92 Å². The third-order valence-corrected chi connectivity index (χ3v) is 6.38. The number of nitrogens with one attached hydrogen (secondary N) is 1. The van der Waals surface area contributed by atoms with Crippen LogP contribution in [0.5, 0.6) is 11.5 Å². The summed E-state index contributed by atoms with van der Waals surface area (Å²) in [6.45, 7) is 1.07. The molecule has 1 aromatic carbocycles. The Balaban J connectivity index is 1.70. The van der Waals surface area contributed by atoms with Crippen molar-refractivity contribution in [3.63, 3.8) is 0 Å². The highest BCUT2D eigenvalue weighted by Gasteiger charge is 2.33. The van der Waals surface area contributed by atoms with Crippen molar-refractivity contribution >= 4 is 33.7 Å². The Morgan fingerprint density at radius 3 is 2.57 bits per heavy atom. The summed E-state index contributed by atoms with van der Waals surface area (Å²) in [5.41, 5.74) is 0.0438. The number of rotatable bonds is 4. The number of ether oxygens (including phenoxy) is 3. The lowest BCUT2D eigenvalue weighted by atomic mass is 9.99. The number of hydrogen-bond acceptors (Lipinski definition) is 7. The van der Waals surface area contributed by atoms with Crippen molar-refractivity contribution in [3.8, 4) is 11.5 Å². The van der Waals surface area contributed by atoms with E-state index in [1.54, 1.807) is 0 Å². The maximum absolute atomic E-state index is 12.5. The molecule has 2 aliphatic heterocycles. The van der Waals surface area contributed by atoms with E-state index < -0.39 is 16.1 Å². The average Bonchev–Trinajstić information content (AvgIpc) is 2.93. The van der Waals surface area contributed by atoms with E-state index in [0.29, 0.717) is 44.0 Å². The molecule has 0 spiro atoms. The summed E-state index contributed by atoms with van der Waals surface area (Å²) in [6, 6.07) is 2.74. The molecular formula is C17H21ClN2O7S. The van der Waals surface area contributed by atoms with Gasteiger partial charge in [-0.05, 0) is 25.0 Å². The van der Waals surface area contributed by atoms with Gasteiger partial charge >= 0.3 is 16.2 Å². The SMILES string of the molecule is COC(=O)C1CCN(S(=O)(=O)NC(=O)c2cc(Cl)c3c(c2)OCCCO3)CC1. The zero-order valence-electron chi connectivity index (χ0n) is 15.3. The minimum atomic E-state index is -4.06. The molecular weight excluding hydrogens is 412 g/mol. The number of carbonyl (C=O) groups is 2. The molecule has 0 aromatic heterocycles. The molecule has 28 heavy (non-hydrogen) atoms. The Morgan fingerprint density at radius 1 is 1.21 bits per heavy atom. The zero-order valence-corrected chi connectivity index (χ0v) is 16.8. The van der Waals surface area contributed by atoms with E-state index in [1.807, 2.05) is 4.72 Å². The number of amides is 1. The molecule has 0 radical (unpaired) electrons. The number of nitrogens with zero attached hydrogens (tertiary/aromatic N) is 1. The predicted octanol–water partition coefficient (Wildman–Crippen LogP) is 1.36. The first-order valence-electron chi connectivity index (χ1n) is 8.81. The largest absolute Gasteiger partial charge is 0.489 e. The van der Waals surface area contributed by atoms with Crippen molar-refractivity contribution in [1.29, 1.82) is 0 Å². The second-order valence-corrected chi connectivity index (χ2v) is 8.55. The van der Waals surface area contributed by atoms with Crippen LogP contribution in [0.2, 0.25) is 5.02 Å². The van der Waals surface area contributed by atoms with E-state index in [0.717, 1.165) is 4.31 Å². The van der Waals surface area contributed by atoms with Crippen LogP contribution in [0, 0.1) is 5.92 Å². The van der Waals surface area contributed by atoms with Crippen LogP contribution in [0.3, 0.4) is 0 Å². The van der Waals surface area contributed by atoms with Gasteiger partial charge in [-0.3, -0.25) is 9.59 Å². The first-order valence-corrected chi connectivity index (χ1v) is 10.6. The molecule has 1 saturated heterocycles. The molecule has 1 amide bonds. The molecule has 0 bridgehead atoms. The molecule has 3 rings (SSSR count). The molecule has 2 heterocycles. The van der Waals surface area contributed by atoms with Gasteiger partial charge in [0.2, 0.25) is 0 Å². The van der Waals surface area contributed by atoms with Crippen LogP contribution in [-0.4, -0.2) is 58.0 Å². The van der Waals surface area contributed by atoms with Crippen molar-refractivity contribution < 1.29 is 32.2 Å². The number of benzene rings is 1. The van der Waals surface area contributed by atoms with E-state index in [-0.39, 0.29) is 35.6 Å². The summed E-state index contributed by atoms with van der Waals surface area (Å²) in [7, 11) is -2.76. The summed E-state index contributed by atoms with van der Waals surface area (Å²) in [5.74, 6) is -0.891. The Bertz CT molecular complexity index is 867. The quantitative estimate of drug-likeness (QED) is 0.715. The third kappa shape index (κ3) is 4.50. The lowest BCUT2D eigenvalue weighted by molar-refractivity contribution is -0.146. The van der Waals surface area contributed by atoms with Gasteiger partial charge in [-0.25, -0.2) is 4.72 Å². The molecule has 1 N–H and O–H groups in total. The molecule has 0 atom stereocenters. The van der Waals surface area contributed by atoms with E-state index >= 15 is 0 Å². The maximum Gasteiger partial charge on any atom is 0.308 e. The topological polar surface area (TPSA) is 111 Å². The summed E-state index contributed by atoms with van der Waals surface area (Å²) in [4.78, 5) is 24.1. The predicted molar refractivity (Wildman–Crippen MR) is 99.8 cm³/mol. The standard InChI is InChI=1S/C17H21ClN2O7S/c1-25-17(22)11-3-5-20(6-4-11)28(23,24)19-16(21)12-9-13(18)15-14(10-12)26-7-2-8-27-15/h9-11H,2-8H2,1H3,(H,19,21). The Morgan fingerprint density at radius 2 is 1.89 bits per heavy atom. The van der Waals surface area contributed by atoms with Crippen molar-refractivity contribution in [2.45, 2.75) is 19.3 Å². The second kappa shape index (κ2) is 8.54. The van der Waals surface area contributed by atoms with Crippen LogP contribution < -0.4 is 14.2 Å². The highest BCUT2D eigenvalue weighted by atomic mass is 35.5. The van der Waals surface area contributed by atoms with Gasteiger partial charge in [-0.1, -0.05) is 11.6 Å². The first-order chi connectivity index (χ1) is 13.3. The highest BCUT2D eigenvalue weighted by Crippen LogP contribution is 2.38. The van der Waals surface area contributed by atoms with E-state index in [9.17, 15) is 18.0 Å². The lowest BCUT2D eigenvalue weighted by Crippen LogP contribution is -2.47. The van der Waals surface area contributed by atoms with Gasteiger partial charge in [0.25, 0.3) is 5.91 Å². The van der Waals surface area contributed by atoms with Gasteiger partial charge in [0.05, 0.1) is 31.3 Å². The van der Waals surface area contributed by atoms with Crippen LogP contribution in [-0.2, 0) is 19.7 Å². The minimum absolute atomic E-state index is 0.0438. The molecule has 1 aromatic rings. The van der Waals surface area contributed by atoms with E-state index in [2.05, 4.69) is 4.74 Å². The number of methoxy groups -OCH3 is 1. The van der Waals surface area contributed by atoms with Gasteiger partial charge in [0.1, 0.15) is 0 Å². The Kier molecular flexibility index (Phi) is 6.31. The van der Waals surface area contributed by atoms with Crippen LogP contribution in [0.1, 0.15) is 29.6 Å². The van der Waals surface area contributed by atoms with Gasteiger partial charge in [-0.2, -0.15) is 12.7 Å². The van der Waals surface area contributed by atoms with Gasteiger partial charge in [0.15, 0.2) is 11.5 Å². The monoisotopic (exact) mass is 432 g/mol. The molecule has 0 saturated carbocycles. The van der Waals surface area contributed by atoms with E-state index in [4.69, 9.17) is 21.1 Å². The number of fused-ring (bicyclic) bond motifs is 1. The second-order valence-electron chi connectivity index (χ2n) is 6.47. The lowest BCUT2D eigenvalue weighted by Gasteiger charge is -2.29. The average molecular weight is 433 g/mol. The summed E-state index contributed by atoms with van der Waals surface area (Å²) < 4.78 is 43.9. The van der Waals surface area contributed by atoms with Crippen molar-refractivity contribution in [1.82, 2.24) is 9.03 Å². The molecule has 154 valence electrons. The number of carbonyl (C=O) groups excluding carboxylic acids is 2. The van der Waals surface area contributed by atoms with Crippen LogP contribution in [0.25, 0.3) is 0 Å². The molecule has 0 aliphatic carbocycles. The van der Waals surface area contributed by atoms with E-state index in [1.165, 1.54) is 19.2 Å². The van der Waals surface area contributed by atoms with Crippen molar-refractivity contribution in [3.05, 3.63) is 22.7 Å². The van der Waals surface area contributed by atoms with Crippen molar-refractivity contribution in [2.75, 3.05) is 33.4 Å². The molecule has 11 heteroatoms. The summed E-state index contributed by atoms with van der Waals surface area (Å²) >= 11 is 6.15. The number of esters is 1. The zero-order chi connectivity index (χ0) is 20.3. The van der Waals surface area contributed by atoms with Gasteiger partial charge < -0.3 is 14.2 Å². The van der Waals surface area contributed by atoms with Crippen LogP contribution >= 0.6 is 11.6 Å². The minimum Gasteiger partial charge on any atom is -0.489 e. The number of piperidine rings is 1. The highest BCUT2D eigenvalue weighted by molar-refractivity contribution is 7.87. The van der Waals surface area contributed by atoms with Gasteiger partial charge in [0, 0.05) is 25.1 Å². The Hall–Kier alpha value is -2.04. The smallest absolute Gasteiger partial charge is 0.308 e. The molecule has 2 aliphatic rings. The summed E-state index contributed by atoms with van der Waals surface area (Å²) in [6.07, 6.45) is 1.33. The normalized spacial score (nSPS) is 18.2. The molecule has 1 fully saturated rings. The third-order valence-electron chi connectivity index (χ3n) is 4.61. The molecule has 0 unspecified atom stereocenters. The molecule has 9 nitrogen and oxygen atoms in total. The number of halogens is 1. The van der Waals surface area contributed by atoms with Gasteiger partial charge in [-0.15, -0.1) is 0 Å². The maximum atomic E-state index is 12.5. The van der Waals surface area contributed by atoms with Crippen LogP contribution in [0.15, 0.2) is 12.1 Å². The fourth-order valence-electron chi connectivity index (χ4n) is 3.10. The fraction of sp³-hybridized carbons (Fsp3) is 0.529. The van der Waals surface area contributed by atoms with Crippen LogP contribution in [0.4, 0.5) is 0 Å². The summed E-state index contributed by atoms with van der Waals surface area (Å²) in [5, 5.41) is 0.167. The Labute approximate surface area is 168 Å². The number of hydrogen-bond donors (Lipinski definition) is 1. The first kappa shape index (κ1) is 20.7.